The van der Waals surface area contributed by atoms with Gasteiger partial charge in [0.05, 0.1) is 12.6 Å². The van der Waals surface area contributed by atoms with Crippen LogP contribution in [-0.4, -0.2) is 43.3 Å². The molecule has 0 spiro atoms. The van der Waals surface area contributed by atoms with E-state index in [1.54, 1.807) is 6.33 Å². The van der Waals surface area contributed by atoms with Gasteiger partial charge in [0.2, 0.25) is 0 Å². The van der Waals surface area contributed by atoms with E-state index < -0.39 is 0 Å². The van der Waals surface area contributed by atoms with Crippen molar-refractivity contribution in [2.75, 3.05) is 6.54 Å². The number of hydrogen-bond donors (Lipinski definition) is 2. The zero-order valence-corrected chi connectivity index (χ0v) is 11.5. The molecule has 0 amide bonds. The third kappa shape index (κ3) is 3.04. The zero-order valence-electron chi connectivity index (χ0n) is 11.5. The molecule has 0 bridgehead atoms. The summed E-state index contributed by atoms with van der Waals surface area (Å²) in [6.07, 6.45) is 4.74. The monoisotopic (exact) mass is 266 g/mol. The van der Waals surface area contributed by atoms with Crippen LogP contribution in [0.4, 0.5) is 0 Å². The maximum Gasteiger partial charge on any atom is 0.156 e. The summed E-state index contributed by atoms with van der Waals surface area (Å²) in [5, 5.41) is 16.3. The van der Waals surface area contributed by atoms with E-state index >= 15 is 0 Å². The molecule has 3 N–H and O–H groups in total. The van der Waals surface area contributed by atoms with Gasteiger partial charge in [0.15, 0.2) is 5.84 Å². The van der Waals surface area contributed by atoms with Crippen molar-refractivity contribution in [2.45, 2.75) is 51.7 Å². The van der Waals surface area contributed by atoms with Crippen molar-refractivity contribution in [3.05, 3.63) is 12.2 Å². The van der Waals surface area contributed by atoms with Gasteiger partial charge in [0, 0.05) is 6.04 Å². The normalized spacial score (nSPS) is 22.1. The molecule has 1 saturated heterocycles. The molecule has 1 aliphatic heterocycles. The van der Waals surface area contributed by atoms with E-state index in [9.17, 15) is 0 Å². The van der Waals surface area contributed by atoms with Gasteiger partial charge in [-0.05, 0) is 33.2 Å². The number of hydrogen-bond acceptors (Lipinski definition) is 5. The highest BCUT2D eigenvalue weighted by molar-refractivity contribution is 5.85. The first kappa shape index (κ1) is 13.8. The van der Waals surface area contributed by atoms with Crippen LogP contribution in [0, 0.1) is 0 Å². The van der Waals surface area contributed by atoms with Gasteiger partial charge in [-0.1, -0.05) is 11.6 Å². The molecule has 1 aliphatic rings. The summed E-state index contributed by atoms with van der Waals surface area (Å²) in [5.41, 5.74) is 5.78. The van der Waals surface area contributed by atoms with Crippen molar-refractivity contribution in [1.29, 1.82) is 0 Å². The number of amidine groups is 1. The lowest BCUT2D eigenvalue weighted by atomic mass is 10.0. The Morgan fingerprint density at radius 2 is 2.37 bits per heavy atom. The van der Waals surface area contributed by atoms with Crippen LogP contribution < -0.4 is 5.73 Å². The lowest BCUT2D eigenvalue weighted by molar-refractivity contribution is 0.170. The van der Waals surface area contributed by atoms with E-state index in [-0.39, 0.29) is 17.9 Å². The van der Waals surface area contributed by atoms with Gasteiger partial charge >= 0.3 is 0 Å². The van der Waals surface area contributed by atoms with E-state index in [0.717, 1.165) is 31.6 Å². The van der Waals surface area contributed by atoms with Crippen molar-refractivity contribution in [3.63, 3.8) is 0 Å². The number of nitrogens with two attached hydrogens (primary N) is 1. The van der Waals surface area contributed by atoms with Crippen molar-refractivity contribution < 1.29 is 5.21 Å². The van der Waals surface area contributed by atoms with E-state index in [2.05, 4.69) is 34.0 Å². The fraction of sp³-hybridized carbons (Fsp3) is 0.750. The summed E-state index contributed by atoms with van der Waals surface area (Å²) in [5.74, 6) is 1.21. The number of aromatic nitrogens is 3. The zero-order chi connectivity index (χ0) is 13.8. The lowest BCUT2D eigenvalue weighted by Gasteiger charge is -2.34. The van der Waals surface area contributed by atoms with Crippen molar-refractivity contribution >= 4 is 5.84 Å². The molecule has 0 aliphatic carbocycles. The van der Waals surface area contributed by atoms with Gasteiger partial charge in [-0.3, -0.25) is 4.90 Å². The Hall–Kier alpha value is -1.63. The highest BCUT2D eigenvalue weighted by Crippen LogP contribution is 2.20. The van der Waals surface area contributed by atoms with Crippen molar-refractivity contribution in [1.82, 2.24) is 19.7 Å². The average Bonchev–Trinajstić information content (AvgIpc) is 2.87. The predicted molar refractivity (Wildman–Crippen MR) is 71.9 cm³/mol. The highest BCUT2D eigenvalue weighted by atomic mass is 16.4. The summed E-state index contributed by atoms with van der Waals surface area (Å²) < 4.78 is 1.91. The summed E-state index contributed by atoms with van der Waals surface area (Å²) >= 11 is 0. The van der Waals surface area contributed by atoms with Gasteiger partial charge in [0.1, 0.15) is 12.2 Å². The second kappa shape index (κ2) is 6.01. The molecule has 1 aromatic heterocycles. The minimum absolute atomic E-state index is 0.00365. The number of likely N-dealkylation sites (tertiary alicyclic amines) is 1. The van der Waals surface area contributed by atoms with Crippen molar-refractivity contribution in [2.24, 2.45) is 10.9 Å². The van der Waals surface area contributed by atoms with Gasteiger partial charge in [-0.25, -0.2) is 9.67 Å². The standard InChI is InChI=1S/C12H22N6O/c1-9(2)18-11(14-8-15-18)7-17-6-4-3-5-10(17)12(13)16-19/h8-10,19H,3-7H2,1-2H3,(H2,13,16). The topological polar surface area (TPSA) is 92.6 Å². The predicted octanol–water partition coefficient (Wildman–Crippen LogP) is 0.960. The minimum atomic E-state index is -0.00365. The quantitative estimate of drug-likeness (QED) is 0.366. The van der Waals surface area contributed by atoms with Crippen LogP contribution in [0.5, 0.6) is 0 Å². The molecular formula is C12H22N6O. The molecule has 0 saturated carbocycles. The summed E-state index contributed by atoms with van der Waals surface area (Å²) in [4.78, 5) is 6.53. The van der Waals surface area contributed by atoms with Crippen LogP contribution in [0.25, 0.3) is 0 Å². The smallest absolute Gasteiger partial charge is 0.156 e. The van der Waals surface area contributed by atoms with E-state index in [1.165, 1.54) is 0 Å². The Labute approximate surface area is 113 Å². The molecule has 0 radical (unpaired) electrons. The largest absolute Gasteiger partial charge is 0.409 e. The first-order valence-corrected chi connectivity index (χ1v) is 6.73. The molecule has 1 atom stereocenters. The number of rotatable bonds is 4. The number of piperidine rings is 1. The third-order valence-electron chi connectivity index (χ3n) is 3.55. The number of oxime groups is 1. The molecule has 1 aromatic rings. The number of nitrogens with zero attached hydrogens (tertiary/aromatic N) is 5. The molecular weight excluding hydrogens is 244 g/mol. The van der Waals surface area contributed by atoms with Gasteiger partial charge in [0.25, 0.3) is 0 Å². The highest BCUT2D eigenvalue weighted by Gasteiger charge is 2.27. The molecule has 1 unspecified atom stereocenters. The molecule has 106 valence electrons. The Morgan fingerprint density at radius 1 is 1.58 bits per heavy atom. The maximum atomic E-state index is 8.88. The first-order valence-electron chi connectivity index (χ1n) is 6.73. The third-order valence-corrected chi connectivity index (χ3v) is 3.55. The van der Waals surface area contributed by atoms with Gasteiger partial charge < -0.3 is 10.9 Å². The van der Waals surface area contributed by atoms with Crippen LogP contribution in [0.3, 0.4) is 0 Å². The van der Waals surface area contributed by atoms with Crippen LogP contribution >= 0.6 is 0 Å². The van der Waals surface area contributed by atoms with Crippen LogP contribution in [0.2, 0.25) is 0 Å². The fourth-order valence-electron chi connectivity index (χ4n) is 2.58. The SMILES string of the molecule is CC(C)n1ncnc1CN1CCCCC1C(N)=NO. The van der Waals surface area contributed by atoms with E-state index in [4.69, 9.17) is 10.9 Å². The minimum Gasteiger partial charge on any atom is -0.409 e. The second-order valence-corrected chi connectivity index (χ2v) is 5.22. The molecule has 1 fully saturated rings. The lowest BCUT2D eigenvalue weighted by Crippen LogP contribution is -2.47. The maximum absolute atomic E-state index is 8.88. The molecule has 2 heterocycles. The van der Waals surface area contributed by atoms with Crippen LogP contribution in [0.1, 0.15) is 45.0 Å². The van der Waals surface area contributed by atoms with Crippen LogP contribution in [0.15, 0.2) is 11.5 Å². The second-order valence-electron chi connectivity index (χ2n) is 5.22. The molecule has 0 aromatic carbocycles. The summed E-state index contributed by atoms with van der Waals surface area (Å²) in [7, 11) is 0. The Balaban J connectivity index is 2.13. The molecule has 7 nitrogen and oxygen atoms in total. The van der Waals surface area contributed by atoms with Gasteiger partial charge in [-0.15, -0.1) is 0 Å². The Kier molecular flexibility index (Phi) is 4.36. The molecule has 2 rings (SSSR count). The average molecular weight is 266 g/mol. The summed E-state index contributed by atoms with van der Waals surface area (Å²) in [6.45, 7) is 5.77. The molecule has 7 heteroatoms. The fourth-order valence-corrected chi connectivity index (χ4v) is 2.58. The first-order chi connectivity index (χ1) is 9.13. The Bertz CT molecular complexity index is 441. The van der Waals surface area contributed by atoms with E-state index in [0.29, 0.717) is 6.54 Å². The Morgan fingerprint density at radius 3 is 3.05 bits per heavy atom. The van der Waals surface area contributed by atoms with E-state index in [1.807, 2.05) is 4.68 Å². The molecule has 19 heavy (non-hydrogen) atoms. The van der Waals surface area contributed by atoms with Crippen LogP contribution in [-0.2, 0) is 6.54 Å². The van der Waals surface area contributed by atoms with Crippen molar-refractivity contribution in [3.8, 4) is 0 Å². The summed E-state index contributed by atoms with van der Waals surface area (Å²) in [6, 6.07) is 0.278. The van der Waals surface area contributed by atoms with Gasteiger partial charge in [-0.2, -0.15) is 5.10 Å².